The quantitative estimate of drug-likeness (QED) is 0.0770. The maximum absolute atomic E-state index is 11.9. The predicted molar refractivity (Wildman–Crippen MR) is 178 cm³/mol. The van der Waals surface area contributed by atoms with Crippen LogP contribution in [0.4, 0.5) is 0 Å². The summed E-state index contributed by atoms with van der Waals surface area (Å²) in [6.45, 7) is -3.54. The van der Waals surface area contributed by atoms with Crippen molar-refractivity contribution in [3.63, 3.8) is 0 Å². The van der Waals surface area contributed by atoms with Crippen molar-refractivity contribution in [3.05, 3.63) is 0 Å². The lowest BCUT2D eigenvalue weighted by atomic mass is 9.95. The minimum atomic E-state index is -2.15. The molecule has 0 aliphatic carbocycles. The van der Waals surface area contributed by atoms with Crippen LogP contribution in [0.5, 0.6) is 0 Å². The van der Waals surface area contributed by atoms with Gasteiger partial charge in [0.2, 0.25) is 5.91 Å². The van der Waals surface area contributed by atoms with Gasteiger partial charge in [0.25, 0.3) is 0 Å². The smallest absolute Gasteiger partial charge is 0.217 e. The molecule has 0 aromatic rings. The molecule has 5 saturated heterocycles. The van der Waals surface area contributed by atoms with Crippen LogP contribution in [0, 0.1) is 0 Å². The predicted octanol–water partition coefficient (Wildman–Crippen LogP) is -11.8. The van der Waals surface area contributed by atoms with Crippen LogP contribution >= 0.6 is 0 Å². The Morgan fingerprint density at radius 2 is 0.763 bits per heavy atom. The third-order valence-corrected chi connectivity index (χ3v) is 10.7. The minimum absolute atomic E-state index is 0.728. The van der Waals surface area contributed by atoms with E-state index in [0.29, 0.717) is 0 Å². The summed E-state index contributed by atoms with van der Waals surface area (Å²) in [4.78, 5) is 11.9. The molecule has 0 bridgehead atoms. The molecular formula is C32H55NO26. The third-order valence-electron chi connectivity index (χ3n) is 10.7. The Bertz CT molecular complexity index is 1320. The first-order chi connectivity index (χ1) is 27.9. The lowest BCUT2D eigenvalue weighted by molar-refractivity contribution is -0.392. The van der Waals surface area contributed by atoms with Crippen LogP contribution in [0.25, 0.3) is 0 Å². The van der Waals surface area contributed by atoms with Gasteiger partial charge in [-0.05, 0) is 0 Å². The molecule has 5 aliphatic heterocycles. The molecule has 5 heterocycles. The summed E-state index contributed by atoms with van der Waals surface area (Å²) >= 11 is 0. The second-order valence-corrected chi connectivity index (χ2v) is 14.7. The summed E-state index contributed by atoms with van der Waals surface area (Å²) in [6, 6.07) is -1.55. The van der Waals surface area contributed by atoms with E-state index in [2.05, 4.69) is 5.32 Å². The zero-order valence-electron chi connectivity index (χ0n) is 31.2. The Morgan fingerprint density at radius 3 is 1.22 bits per heavy atom. The van der Waals surface area contributed by atoms with Gasteiger partial charge in [-0.2, -0.15) is 0 Å². The topological polar surface area (TPSA) is 436 Å². The van der Waals surface area contributed by atoms with Gasteiger partial charge in [-0.25, -0.2) is 0 Å². The van der Waals surface area contributed by atoms with Crippen molar-refractivity contribution < 1.29 is 129 Å². The van der Waals surface area contributed by atoms with Crippen molar-refractivity contribution in [2.24, 2.45) is 0 Å². The number of nitrogens with one attached hydrogen (secondary N) is 1. The molecule has 0 unspecified atom stereocenters. The average molecular weight is 870 g/mol. The van der Waals surface area contributed by atoms with Crippen molar-refractivity contribution in [2.45, 2.75) is 160 Å². The zero-order valence-corrected chi connectivity index (χ0v) is 31.2. The highest BCUT2D eigenvalue weighted by Crippen LogP contribution is 2.35. The number of carbonyl (C=O) groups excluding carboxylic acids is 1. The van der Waals surface area contributed by atoms with E-state index in [9.17, 15) is 86.5 Å². The molecule has 0 radical (unpaired) electrons. The van der Waals surface area contributed by atoms with E-state index in [0.717, 1.165) is 6.92 Å². The number of ether oxygens (including phenoxy) is 9. The highest BCUT2D eigenvalue weighted by molar-refractivity contribution is 5.73. The SMILES string of the molecule is CC(=O)N[C@H]1[C@H](O[C@H]2[C@@H](O)[C@@H](CO)O[C@H](O[C@H]3[C@@H](O)[C@@H](CO)O[C@@H](O[C@@H]4[C@H](O)[C@@H](O)[C@H](O[C@H]5[C@H](O)[C@@H](O)[C@H](O)O[C@@H]5CO)O[C@@H]4CO)[C@@H]3O)[C@@H]2O)O[C@H](CO)[C@H](O)[C@@H]1O. The number of aliphatic hydroxyl groups is 16. The molecule has 0 aromatic carbocycles. The van der Waals surface area contributed by atoms with Crippen LogP contribution in [-0.4, -0.2) is 274 Å². The van der Waals surface area contributed by atoms with E-state index >= 15 is 0 Å². The van der Waals surface area contributed by atoms with Crippen LogP contribution in [0.3, 0.4) is 0 Å². The highest BCUT2D eigenvalue weighted by atomic mass is 16.8. The molecule has 25 atom stereocenters. The molecule has 27 nitrogen and oxygen atoms in total. The Hall–Kier alpha value is -1.53. The molecule has 344 valence electrons. The summed E-state index contributed by atoms with van der Waals surface area (Å²) in [6.07, 6.45) is -44.5. The van der Waals surface area contributed by atoms with E-state index in [1.54, 1.807) is 0 Å². The maximum Gasteiger partial charge on any atom is 0.217 e. The fourth-order valence-electron chi connectivity index (χ4n) is 7.43. The van der Waals surface area contributed by atoms with Crippen LogP contribution in [0.2, 0.25) is 0 Å². The Labute approximate surface area is 333 Å². The fraction of sp³-hybridized carbons (Fsp3) is 0.969. The summed E-state index contributed by atoms with van der Waals surface area (Å²) in [5.41, 5.74) is 0. The van der Waals surface area contributed by atoms with Gasteiger partial charge in [0, 0.05) is 6.92 Å². The standard InChI is InChI=1S/C32H55NO26/c1-7(39)33-13-17(43)14(40)8(2-34)52-29(13)58-26-15(41)9(3-35)54-32(22(26)48)59-27-16(42)10(4-36)53-31(23(27)49)57-25-12(6-38)55-30(21(47)19(25)45)56-24-11(5-37)51-28(50)20(46)18(24)44/h8-32,34-38,40-50H,2-6H2,1H3,(H,33,39)/t8-,9-,10-,11-,12-,13-,14+,15+,16+,17-,18-,19-,20-,21-,22-,23-,24-,25+,26+,27+,28-,29+,30+,31+,32-/m1/s1. The van der Waals surface area contributed by atoms with E-state index in [1.807, 2.05) is 0 Å². The Morgan fingerprint density at radius 1 is 0.407 bits per heavy atom. The average Bonchev–Trinajstić information content (AvgIpc) is 3.21. The van der Waals surface area contributed by atoms with Gasteiger partial charge in [0.05, 0.1) is 33.0 Å². The first-order valence-corrected chi connectivity index (χ1v) is 18.6. The second kappa shape index (κ2) is 20.8. The number of hydrogen-bond donors (Lipinski definition) is 17. The molecule has 0 spiro atoms. The maximum atomic E-state index is 11.9. The fourth-order valence-corrected chi connectivity index (χ4v) is 7.43. The number of carbonyl (C=O) groups is 1. The minimum Gasteiger partial charge on any atom is -0.394 e. The molecule has 5 aliphatic rings. The molecule has 17 N–H and O–H groups in total. The van der Waals surface area contributed by atoms with Gasteiger partial charge in [0.15, 0.2) is 31.5 Å². The molecule has 27 heteroatoms. The van der Waals surface area contributed by atoms with Gasteiger partial charge < -0.3 is 130 Å². The van der Waals surface area contributed by atoms with E-state index < -0.39 is 192 Å². The van der Waals surface area contributed by atoms with Gasteiger partial charge in [-0.3, -0.25) is 4.79 Å². The van der Waals surface area contributed by atoms with Crippen molar-refractivity contribution in [3.8, 4) is 0 Å². The lowest BCUT2D eigenvalue weighted by Crippen LogP contribution is -2.69. The first-order valence-electron chi connectivity index (χ1n) is 18.6. The first kappa shape index (κ1) is 48.5. The molecule has 5 fully saturated rings. The zero-order chi connectivity index (χ0) is 43.6. The molecule has 0 saturated carbocycles. The summed E-state index contributed by atoms with van der Waals surface area (Å²) in [5.74, 6) is -0.728. The normalized spacial score (nSPS) is 51.0. The van der Waals surface area contributed by atoms with E-state index in [1.165, 1.54) is 0 Å². The molecule has 0 aromatic heterocycles. The van der Waals surface area contributed by atoms with Crippen molar-refractivity contribution in [2.75, 3.05) is 33.0 Å². The number of amides is 1. The van der Waals surface area contributed by atoms with Crippen molar-refractivity contribution in [1.29, 1.82) is 0 Å². The third kappa shape index (κ3) is 10.2. The summed E-state index contributed by atoms with van der Waals surface area (Å²) < 4.78 is 49.8. The van der Waals surface area contributed by atoms with Crippen LogP contribution < -0.4 is 5.32 Å². The van der Waals surface area contributed by atoms with Crippen molar-refractivity contribution in [1.82, 2.24) is 5.32 Å². The number of hydrogen-bond acceptors (Lipinski definition) is 26. The van der Waals surface area contributed by atoms with Gasteiger partial charge in [-0.1, -0.05) is 0 Å². The van der Waals surface area contributed by atoms with Crippen molar-refractivity contribution >= 4 is 5.91 Å². The largest absolute Gasteiger partial charge is 0.394 e. The monoisotopic (exact) mass is 869 g/mol. The van der Waals surface area contributed by atoms with E-state index in [-0.39, 0.29) is 0 Å². The summed E-state index contributed by atoms with van der Waals surface area (Å²) in [5, 5.41) is 170. The number of aliphatic hydroxyl groups excluding tert-OH is 16. The lowest BCUT2D eigenvalue weighted by Gasteiger charge is -2.49. The molecule has 5 rings (SSSR count). The Kier molecular flexibility index (Phi) is 17.1. The van der Waals surface area contributed by atoms with Crippen LogP contribution in [0.15, 0.2) is 0 Å². The second-order valence-electron chi connectivity index (χ2n) is 14.7. The molecular weight excluding hydrogens is 814 g/mol. The highest BCUT2D eigenvalue weighted by Gasteiger charge is 2.56. The van der Waals surface area contributed by atoms with Gasteiger partial charge in [0.1, 0.15) is 122 Å². The van der Waals surface area contributed by atoms with Crippen LogP contribution in [0.1, 0.15) is 6.92 Å². The Balaban J connectivity index is 1.32. The van der Waals surface area contributed by atoms with E-state index in [4.69, 9.17) is 42.6 Å². The summed E-state index contributed by atoms with van der Waals surface area (Å²) in [7, 11) is 0. The van der Waals surface area contributed by atoms with Crippen LogP contribution in [-0.2, 0) is 47.4 Å². The number of rotatable bonds is 14. The molecule has 59 heavy (non-hydrogen) atoms. The molecule has 1 amide bonds. The van der Waals surface area contributed by atoms with Gasteiger partial charge >= 0.3 is 0 Å². The van der Waals surface area contributed by atoms with Gasteiger partial charge in [-0.15, -0.1) is 0 Å².